The van der Waals surface area contributed by atoms with Crippen LogP contribution in [0.5, 0.6) is 0 Å². The largest absolute Gasteiger partial charge is 0.322 e. The number of hydrogen-bond donors (Lipinski definition) is 1. The first kappa shape index (κ1) is 10.3. The number of rotatable bonds is 2. The number of anilines is 1. The topological polar surface area (TPSA) is 29.1 Å². The standard InChI is InChI=1S/C8H6Cl2FNO/c9-5-1-2-7(6(10)3-5)12-8(13)4-11/h1-3H,4H2,(H,12,13). The van der Waals surface area contributed by atoms with Gasteiger partial charge in [0.25, 0.3) is 5.91 Å². The fourth-order valence-corrected chi connectivity index (χ4v) is 1.23. The third kappa shape index (κ3) is 2.86. The molecule has 0 radical (unpaired) electrons. The zero-order valence-corrected chi connectivity index (χ0v) is 7.99. The molecule has 1 aromatic carbocycles. The molecule has 0 fully saturated rings. The Balaban J connectivity index is 2.83. The van der Waals surface area contributed by atoms with Crippen molar-refractivity contribution in [3.05, 3.63) is 28.2 Å². The van der Waals surface area contributed by atoms with E-state index in [9.17, 15) is 9.18 Å². The van der Waals surface area contributed by atoms with Gasteiger partial charge in [0.05, 0.1) is 10.7 Å². The Morgan fingerprint density at radius 1 is 1.46 bits per heavy atom. The van der Waals surface area contributed by atoms with Crippen LogP contribution in [0.3, 0.4) is 0 Å². The van der Waals surface area contributed by atoms with Crippen molar-refractivity contribution in [3.63, 3.8) is 0 Å². The molecule has 1 amide bonds. The number of carbonyl (C=O) groups excluding carboxylic acids is 1. The van der Waals surface area contributed by atoms with Crippen molar-refractivity contribution >= 4 is 34.8 Å². The average Bonchev–Trinajstić information content (AvgIpc) is 2.09. The van der Waals surface area contributed by atoms with Gasteiger partial charge in [-0.2, -0.15) is 0 Å². The van der Waals surface area contributed by atoms with Crippen LogP contribution in [0.4, 0.5) is 10.1 Å². The summed E-state index contributed by atoms with van der Waals surface area (Å²) in [5, 5.41) is 3.03. The Morgan fingerprint density at radius 2 is 2.15 bits per heavy atom. The minimum Gasteiger partial charge on any atom is -0.322 e. The van der Waals surface area contributed by atoms with Crippen molar-refractivity contribution in [2.75, 3.05) is 12.0 Å². The molecule has 0 aliphatic carbocycles. The molecule has 0 heterocycles. The molecule has 1 N–H and O–H groups in total. The Bertz CT molecular complexity index is 330. The van der Waals surface area contributed by atoms with Gasteiger partial charge < -0.3 is 5.32 Å². The van der Waals surface area contributed by atoms with Crippen LogP contribution in [0.25, 0.3) is 0 Å². The molecule has 0 saturated carbocycles. The number of amides is 1. The van der Waals surface area contributed by atoms with E-state index in [1.165, 1.54) is 12.1 Å². The molecule has 0 aliphatic rings. The highest BCUT2D eigenvalue weighted by atomic mass is 35.5. The number of hydrogen-bond acceptors (Lipinski definition) is 1. The summed E-state index contributed by atoms with van der Waals surface area (Å²) in [6, 6.07) is 4.54. The van der Waals surface area contributed by atoms with E-state index in [-0.39, 0.29) is 5.02 Å². The molecule has 70 valence electrons. The van der Waals surface area contributed by atoms with E-state index in [0.717, 1.165) is 0 Å². The molecule has 0 bridgehead atoms. The Hall–Kier alpha value is -0.800. The predicted molar refractivity (Wildman–Crippen MR) is 51.1 cm³/mol. The summed E-state index contributed by atoms with van der Waals surface area (Å²) in [5.74, 6) is -0.732. The first-order valence-electron chi connectivity index (χ1n) is 3.44. The summed E-state index contributed by atoms with van der Waals surface area (Å²) in [4.78, 5) is 10.6. The lowest BCUT2D eigenvalue weighted by atomic mass is 10.3. The highest BCUT2D eigenvalue weighted by Crippen LogP contribution is 2.25. The van der Waals surface area contributed by atoms with Gasteiger partial charge in [0.1, 0.15) is 0 Å². The van der Waals surface area contributed by atoms with Gasteiger partial charge in [-0.25, -0.2) is 4.39 Å². The van der Waals surface area contributed by atoms with Gasteiger partial charge in [0, 0.05) is 5.02 Å². The summed E-state index contributed by atoms with van der Waals surface area (Å²) >= 11 is 11.3. The number of halogens is 3. The van der Waals surface area contributed by atoms with Crippen molar-refractivity contribution in [1.82, 2.24) is 0 Å². The van der Waals surface area contributed by atoms with Crippen LogP contribution in [-0.2, 0) is 4.79 Å². The quantitative estimate of drug-likeness (QED) is 0.818. The molecule has 0 unspecified atom stereocenters. The predicted octanol–water partition coefficient (Wildman–Crippen LogP) is 2.90. The number of benzene rings is 1. The first-order valence-corrected chi connectivity index (χ1v) is 4.20. The smallest absolute Gasteiger partial charge is 0.255 e. The van der Waals surface area contributed by atoms with Crippen LogP contribution in [0.2, 0.25) is 10.0 Å². The van der Waals surface area contributed by atoms with Gasteiger partial charge in [0.15, 0.2) is 6.67 Å². The maximum absolute atomic E-state index is 11.8. The maximum atomic E-state index is 11.8. The summed E-state index contributed by atoms with van der Waals surface area (Å²) in [6.45, 7) is -1.07. The van der Waals surface area contributed by atoms with Crippen LogP contribution in [0, 0.1) is 0 Å². The Morgan fingerprint density at radius 3 is 2.69 bits per heavy atom. The molecule has 13 heavy (non-hydrogen) atoms. The highest BCUT2D eigenvalue weighted by molar-refractivity contribution is 6.36. The zero-order chi connectivity index (χ0) is 9.84. The van der Waals surface area contributed by atoms with Crippen LogP contribution in [0.15, 0.2) is 18.2 Å². The molecule has 1 aromatic rings. The van der Waals surface area contributed by atoms with E-state index >= 15 is 0 Å². The lowest BCUT2D eigenvalue weighted by Gasteiger charge is -2.04. The molecule has 0 aromatic heterocycles. The second-order valence-corrected chi connectivity index (χ2v) is 3.15. The maximum Gasteiger partial charge on any atom is 0.255 e. The van der Waals surface area contributed by atoms with Crippen LogP contribution < -0.4 is 5.32 Å². The van der Waals surface area contributed by atoms with Crippen molar-refractivity contribution < 1.29 is 9.18 Å². The summed E-state index contributed by atoms with van der Waals surface area (Å²) in [5.41, 5.74) is 0.355. The average molecular weight is 222 g/mol. The Labute approximate surface area is 84.6 Å². The number of carbonyl (C=O) groups is 1. The fourth-order valence-electron chi connectivity index (χ4n) is 0.774. The second-order valence-electron chi connectivity index (χ2n) is 2.31. The van der Waals surface area contributed by atoms with E-state index in [1.807, 2.05) is 0 Å². The molecule has 1 rings (SSSR count). The molecule has 0 saturated heterocycles. The van der Waals surface area contributed by atoms with Crippen molar-refractivity contribution in [1.29, 1.82) is 0 Å². The molecule has 0 atom stereocenters. The van der Waals surface area contributed by atoms with E-state index in [4.69, 9.17) is 23.2 Å². The van der Waals surface area contributed by atoms with Crippen LogP contribution >= 0.6 is 23.2 Å². The lowest BCUT2D eigenvalue weighted by molar-refractivity contribution is -0.117. The van der Waals surface area contributed by atoms with E-state index in [1.54, 1.807) is 6.07 Å². The van der Waals surface area contributed by atoms with Gasteiger partial charge >= 0.3 is 0 Å². The van der Waals surface area contributed by atoms with E-state index in [0.29, 0.717) is 10.7 Å². The third-order valence-electron chi connectivity index (χ3n) is 1.33. The molecule has 5 heteroatoms. The molecular weight excluding hydrogens is 216 g/mol. The van der Waals surface area contributed by atoms with Crippen molar-refractivity contribution in [2.45, 2.75) is 0 Å². The fraction of sp³-hybridized carbons (Fsp3) is 0.125. The first-order chi connectivity index (χ1) is 6.13. The zero-order valence-electron chi connectivity index (χ0n) is 6.48. The minimum atomic E-state index is -1.07. The van der Waals surface area contributed by atoms with Crippen molar-refractivity contribution in [2.24, 2.45) is 0 Å². The monoisotopic (exact) mass is 221 g/mol. The molecule has 2 nitrogen and oxygen atoms in total. The van der Waals surface area contributed by atoms with Gasteiger partial charge in [-0.3, -0.25) is 4.79 Å². The summed E-state index contributed by atoms with van der Waals surface area (Å²) in [6.07, 6.45) is 0. The summed E-state index contributed by atoms with van der Waals surface area (Å²) < 4.78 is 11.8. The number of nitrogens with one attached hydrogen (secondary N) is 1. The van der Waals surface area contributed by atoms with Gasteiger partial charge in [0.2, 0.25) is 0 Å². The second kappa shape index (κ2) is 4.44. The van der Waals surface area contributed by atoms with Gasteiger partial charge in [-0.05, 0) is 18.2 Å². The summed E-state index contributed by atoms with van der Waals surface area (Å²) in [7, 11) is 0. The van der Waals surface area contributed by atoms with Crippen LogP contribution in [0.1, 0.15) is 0 Å². The van der Waals surface area contributed by atoms with Gasteiger partial charge in [-0.15, -0.1) is 0 Å². The number of alkyl halides is 1. The third-order valence-corrected chi connectivity index (χ3v) is 1.87. The SMILES string of the molecule is O=C(CF)Nc1ccc(Cl)cc1Cl. The van der Waals surface area contributed by atoms with E-state index in [2.05, 4.69) is 5.32 Å². The normalized spacial score (nSPS) is 9.77. The van der Waals surface area contributed by atoms with Crippen LogP contribution in [-0.4, -0.2) is 12.6 Å². The van der Waals surface area contributed by atoms with Gasteiger partial charge in [-0.1, -0.05) is 23.2 Å². The Kier molecular flexibility index (Phi) is 3.51. The molecular formula is C8H6Cl2FNO. The lowest BCUT2D eigenvalue weighted by Crippen LogP contribution is -2.13. The van der Waals surface area contributed by atoms with Crippen molar-refractivity contribution in [3.8, 4) is 0 Å². The van der Waals surface area contributed by atoms with E-state index < -0.39 is 12.6 Å². The highest BCUT2D eigenvalue weighted by Gasteiger charge is 2.04. The molecule has 0 spiro atoms. The minimum absolute atomic E-state index is 0.286. The molecule has 0 aliphatic heterocycles.